The number of rotatable bonds is 16. The highest BCUT2D eigenvalue weighted by Gasteiger charge is 2.14. The summed E-state index contributed by atoms with van der Waals surface area (Å²) < 4.78 is 0. The second-order valence-corrected chi connectivity index (χ2v) is 6.56. The summed E-state index contributed by atoms with van der Waals surface area (Å²) in [6, 6.07) is -1.29. The molecule has 0 rings (SSSR count). The molecule has 0 aromatic rings. The van der Waals surface area contributed by atoms with E-state index in [-0.39, 0.29) is 0 Å². The molecule has 0 amide bonds. The topological polar surface area (TPSA) is 138 Å². The minimum Gasteiger partial charge on any atom is -0.481 e. The van der Waals surface area contributed by atoms with Crippen molar-refractivity contribution in [1.82, 2.24) is 0 Å². The Hall–Kier alpha value is -2.41. The minimum atomic E-state index is -1.29. The summed E-state index contributed by atoms with van der Waals surface area (Å²) in [5, 5.41) is 24.5. The molecule has 0 unspecified atom stereocenters. The Morgan fingerprint density at radius 3 is 1.62 bits per heavy atom. The Bertz CT molecular complexity index is 525. The first-order valence-corrected chi connectivity index (χ1v) is 10.2. The van der Waals surface area contributed by atoms with Crippen molar-refractivity contribution in [3.05, 3.63) is 36.5 Å². The fourth-order valence-corrected chi connectivity index (χ4v) is 2.10. The van der Waals surface area contributed by atoms with Gasteiger partial charge in [-0.1, -0.05) is 56.2 Å². The average molecular weight is 412 g/mol. The molecule has 0 saturated heterocycles. The summed E-state index contributed by atoms with van der Waals surface area (Å²) in [5.74, 6) is -3.19. The van der Waals surface area contributed by atoms with Gasteiger partial charge in [-0.3, -0.25) is 14.4 Å². The van der Waals surface area contributed by atoms with Crippen LogP contribution in [-0.2, 0) is 14.4 Å². The van der Waals surface area contributed by atoms with Gasteiger partial charge in [-0.05, 0) is 44.9 Å². The first kappa shape index (κ1) is 28.8. The quantitative estimate of drug-likeness (QED) is 0.216. The van der Waals surface area contributed by atoms with Crippen LogP contribution in [0.4, 0.5) is 0 Å². The molecule has 0 aromatic carbocycles. The van der Waals surface area contributed by atoms with Gasteiger partial charge in [0.25, 0.3) is 0 Å². The first-order chi connectivity index (χ1) is 13.8. The van der Waals surface area contributed by atoms with Crippen LogP contribution in [0.1, 0.15) is 77.6 Å². The molecule has 166 valence electrons. The van der Waals surface area contributed by atoms with Gasteiger partial charge in [-0.2, -0.15) is 0 Å². The van der Waals surface area contributed by atoms with Crippen molar-refractivity contribution < 1.29 is 29.7 Å². The zero-order valence-electron chi connectivity index (χ0n) is 17.5. The van der Waals surface area contributed by atoms with Crippen molar-refractivity contribution in [2.24, 2.45) is 5.73 Å². The van der Waals surface area contributed by atoms with Gasteiger partial charge in [0.05, 0.1) is 6.42 Å². The highest BCUT2D eigenvalue weighted by molar-refractivity contribution is 5.80. The summed E-state index contributed by atoms with van der Waals surface area (Å²) in [6.07, 6.45) is 22.8. The average Bonchev–Trinajstić information content (AvgIpc) is 2.64. The second-order valence-electron chi connectivity index (χ2n) is 6.56. The normalized spacial score (nSPS) is 12.2. The molecule has 0 aromatic heterocycles. The molecule has 0 heterocycles. The van der Waals surface area contributed by atoms with Crippen molar-refractivity contribution >= 4 is 17.9 Å². The Morgan fingerprint density at radius 1 is 0.759 bits per heavy atom. The van der Waals surface area contributed by atoms with Gasteiger partial charge >= 0.3 is 17.9 Å². The van der Waals surface area contributed by atoms with Gasteiger partial charge in [-0.15, -0.1) is 0 Å². The van der Waals surface area contributed by atoms with Gasteiger partial charge in [0.2, 0.25) is 0 Å². The number of nitrogens with two attached hydrogens (primary N) is 1. The van der Waals surface area contributed by atoms with E-state index in [4.69, 9.17) is 21.1 Å². The highest BCUT2D eigenvalue weighted by Crippen LogP contribution is 2.02. The largest absolute Gasteiger partial charge is 0.481 e. The Kier molecular flexibility index (Phi) is 21.7. The molecule has 7 heteroatoms. The van der Waals surface area contributed by atoms with Crippen molar-refractivity contribution in [3.63, 3.8) is 0 Å². The lowest BCUT2D eigenvalue weighted by Gasteiger charge is -1.99. The lowest BCUT2D eigenvalue weighted by atomic mass is 10.2. The van der Waals surface area contributed by atoms with Crippen LogP contribution in [-0.4, -0.2) is 39.3 Å². The van der Waals surface area contributed by atoms with Crippen LogP contribution in [0, 0.1) is 0 Å². The van der Waals surface area contributed by atoms with Crippen LogP contribution in [0.3, 0.4) is 0 Å². The molecule has 0 bridgehead atoms. The molecular weight excluding hydrogens is 374 g/mol. The van der Waals surface area contributed by atoms with Crippen LogP contribution in [0.15, 0.2) is 36.5 Å². The maximum Gasteiger partial charge on any atom is 0.321 e. The number of carboxylic acids is 3. The number of hydrogen-bond donors (Lipinski definition) is 4. The van der Waals surface area contributed by atoms with E-state index in [1.807, 2.05) is 0 Å². The summed E-state index contributed by atoms with van der Waals surface area (Å²) in [7, 11) is 0. The molecule has 5 N–H and O–H groups in total. The molecule has 0 aliphatic rings. The van der Waals surface area contributed by atoms with Crippen molar-refractivity contribution in [2.75, 3.05) is 0 Å². The number of aliphatic carboxylic acids is 3. The Morgan fingerprint density at radius 2 is 1.24 bits per heavy atom. The third kappa shape index (κ3) is 27.9. The smallest absolute Gasteiger partial charge is 0.321 e. The van der Waals surface area contributed by atoms with E-state index in [1.165, 1.54) is 25.7 Å². The number of carboxylic acid groups (broad SMARTS) is 3. The lowest BCUT2D eigenvalue weighted by Crippen LogP contribution is -2.32. The van der Waals surface area contributed by atoms with Gasteiger partial charge in [0.1, 0.15) is 6.04 Å². The van der Waals surface area contributed by atoms with E-state index in [2.05, 4.69) is 43.4 Å². The Balaban J connectivity index is 0. The van der Waals surface area contributed by atoms with Crippen LogP contribution in [0.5, 0.6) is 0 Å². The van der Waals surface area contributed by atoms with Gasteiger partial charge < -0.3 is 21.1 Å². The molecule has 0 aliphatic heterocycles. The van der Waals surface area contributed by atoms with E-state index >= 15 is 0 Å². The molecule has 0 fully saturated rings. The van der Waals surface area contributed by atoms with E-state index in [9.17, 15) is 14.4 Å². The first-order valence-electron chi connectivity index (χ1n) is 10.2. The predicted octanol–water partition coefficient (Wildman–Crippen LogP) is 4.53. The summed E-state index contributed by atoms with van der Waals surface area (Å²) in [5.41, 5.74) is 4.84. The molecule has 0 saturated carbocycles. The molecule has 0 spiro atoms. The summed E-state index contributed by atoms with van der Waals surface area (Å²) >= 11 is 0. The van der Waals surface area contributed by atoms with Crippen LogP contribution < -0.4 is 5.73 Å². The van der Waals surface area contributed by atoms with Crippen LogP contribution in [0.25, 0.3) is 0 Å². The van der Waals surface area contributed by atoms with Gasteiger partial charge in [-0.25, -0.2) is 0 Å². The zero-order chi connectivity index (χ0) is 22.3. The van der Waals surface area contributed by atoms with Crippen LogP contribution >= 0.6 is 0 Å². The number of allylic oxidation sites excluding steroid dienone is 6. The molecule has 7 nitrogen and oxygen atoms in total. The van der Waals surface area contributed by atoms with E-state index < -0.39 is 30.4 Å². The number of unbranched alkanes of at least 4 members (excludes halogenated alkanes) is 5. The van der Waals surface area contributed by atoms with Crippen LogP contribution in [0.2, 0.25) is 0 Å². The van der Waals surface area contributed by atoms with Crippen molar-refractivity contribution in [2.45, 2.75) is 83.6 Å². The Labute approximate surface area is 174 Å². The number of hydrogen-bond acceptors (Lipinski definition) is 4. The number of carbonyl (C=O) groups is 3. The maximum atomic E-state index is 10.3. The van der Waals surface area contributed by atoms with Gasteiger partial charge in [0.15, 0.2) is 0 Å². The van der Waals surface area contributed by atoms with E-state index in [0.29, 0.717) is 6.42 Å². The summed E-state index contributed by atoms with van der Waals surface area (Å²) in [6.45, 7) is 2.23. The maximum absolute atomic E-state index is 10.3. The van der Waals surface area contributed by atoms with Gasteiger partial charge in [0, 0.05) is 6.42 Å². The highest BCUT2D eigenvalue weighted by atomic mass is 16.4. The summed E-state index contributed by atoms with van der Waals surface area (Å²) in [4.78, 5) is 29.9. The predicted molar refractivity (Wildman–Crippen MR) is 115 cm³/mol. The fourth-order valence-electron chi connectivity index (χ4n) is 2.10. The van der Waals surface area contributed by atoms with E-state index in [0.717, 1.165) is 32.1 Å². The molecular formula is C22H37NO6. The monoisotopic (exact) mass is 411 g/mol. The molecule has 0 aliphatic carbocycles. The minimum absolute atomic E-state index is 0.290. The SMILES string of the molecule is CCCCC/C=C\C/C=C\C/C=C\CCCCC(=O)O.N[C@@H](CC(=O)O)C(=O)O. The third-order valence-electron chi connectivity index (χ3n) is 3.74. The van der Waals surface area contributed by atoms with Crippen molar-refractivity contribution in [3.8, 4) is 0 Å². The third-order valence-corrected chi connectivity index (χ3v) is 3.74. The standard InChI is InChI=1S/C18H30O2.C4H7NO4/c1-2-3-4-5-6-7-8-9-10-11-12-13-14-15-16-17-18(19)20;5-2(4(8)9)1-3(6)7/h6-7,9-10,12-13H,2-5,8,11,14-17H2,1H3,(H,19,20);2H,1,5H2,(H,6,7)(H,8,9)/b7-6-,10-9-,13-12-;/t;2-/m.0/s1. The zero-order valence-corrected chi connectivity index (χ0v) is 17.5. The lowest BCUT2D eigenvalue weighted by molar-refractivity contribution is -0.144. The molecule has 1 atom stereocenters. The second kappa shape index (κ2) is 21.9. The van der Waals surface area contributed by atoms with Crippen molar-refractivity contribution in [1.29, 1.82) is 0 Å². The molecule has 0 radical (unpaired) electrons. The fraction of sp³-hybridized carbons (Fsp3) is 0.591. The van der Waals surface area contributed by atoms with E-state index in [1.54, 1.807) is 0 Å². The molecule has 29 heavy (non-hydrogen) atoms.